The van der Waals surface area contributed by atoms with Gasteiger partial charge < -0.3 is 9.32 Å². The summed E-state index contributed by atoms with van der Waals surface area (Å²) in [5.74, 6) is -0.324. The average Bonchev–Trinajstić information content (AvgIpc) is 3.28. The van der Waals surface area contributed by atoms with E-state index < -0.39 is 11.6 Å². The van der Waals surface area contributed by atoms with Gasteiger partial charge in [0.05, 0.1) is 12.1 Å². The molecule has 7 nitrogen and oxygen atoms in total. The number of fused-ring (bicyclic) bond motifs is 1. The maximum Gasteiger partial charge on any atom is 0.257 e. The lowest BCUT2D eigenvalue weighted by atomic mass is 10.0. The Morgan fingerprint density at radius 3 is 2.44 bits per heavy atom. The fourth-order valence-corrected chi connectivity index (χ4v) is 4.19. The molecule has 3 amide bonds. The summed E-state index contributed by atoms with van der Waals surface area (Å²) in [6.07, 6.45) is 1.01. The number of imide groups is 1. The van der Waals surface area contributed by atoms with Gasteiger partial charge in [-0.15, -0.1) is 0 Å². The van der Waals surface area contributed by atoms with Crippen LogP contribution in [0.1, 0.15) is 47.0 Å². The van der Waals surface area contributed by atoms with Gasteiger partial charge in [0.25, 0.3) is 5.91 Å². The molecule has 0 N–H and O–H groups in total. The summed E-state index contributed by atoms with van der Waals surface area (Å²) in [5, 5.41) is 0. The fourth-order valence-electron chi connectivity index (χ4n) is 4.19. The van der Waals surface area contributed by atoms with Gasteiger partial charge in [0.15, 0.2) is 5.58 Å². The van der Waals surface area contributed by atoms with Crippen molar-refractivity contribution >= 4 is 34.5 Å². The monoisotopic (exact) mass is 433 g/mol. The summed E-state index contributed by atoms with van der Waals surface area (Å²) < 4.78 is 5.79. The Hall–Kier alpha value is -3.48. The number of carbonyl (C=O) groups is 3. The highest BCUT2D eigenvalue weighted by atomic mass is 16.3. The molecule has 166 valence electrons. The van der Waals surface area contributed by atoms with Crippen LogP contribution in [-0.2, 0) is 14.4 Å². The Bertz CT molecular complexity index is 1140. The molecule has 2 aromatic carbocycles. The Morgan fingerprint density at radius 1 is 1.12 bits per heavy atom. The predicted octanol–water partition coefficient (Wildman–Crippen LogP) is 4.55. The maximum atomic E-state index is 13.3. The smallest absolute Gasteiger partial charge is 0.257 e. The molecule has 1 aliphatic heterocycles. The van der Waals surface area contributed by atoms with E-state index >= 15 is 0 Å². The number of amides is 3. The number of benzene rings is 2. The first-order valence-corrected chi connectivity index (χ1v) is 10.9. The van der Waals surface area contributed by atoms with E-state index in [1.165, 1.54) is 4.90 Å². The molecular weight excluding hydrogens is 406 g/mol. The molecule has 0 radical (unpaired) electrons. The summed E-state index contributed by atoms with van der Waals surface area (Å²) in [4.78, 5) is 46.1. The van der Waals surface area contributed by atoms with Crippen LogP contribution in [0.25, 0.3) is 22.6 Å². The summed E-state index contributed by atoms with van der Waals surface area (Å²) >= 11 is 0. The van der Waals surface area contributed by atoms with Gasteiger partial charge in [-0.2, -0.15) is 0 Å². The van der Waals surface area contributed by atoms with E-state index in [9.17, 15) is 14.4 Å². The number of nitrogens with zero attached hydrogens (tertiary/aromatic N) is 3. The molecule has 1 atom stereocenters. The Kier molecular flexibility index (Phi) is 5.59. The minimum absolute atomic E-state index is 0.0154. The lowest BCUT2D eigenvalue weighted by molar-refractivity contribution is -0.144. The second-order valence-electron chi connectivity index (χ2n) is 9.01. The quantitative estimate of drug-likeness (QED) is 0.551. The summed E-state index contributed by atoms with van der Waals surface area (Å²) in [6, 6.07) is 13.7. The summed E-state index contributed by atoms with van der Waals surface area (Å²) in [5.41, 5.74) is 2.10. The first-order chi connectivity index (χ1) is 15.2. The van der Waals surface area contributed by atoms with Crippen LogP contribution in [-0.4, -0.2) is 39.2 Å². The number of hydrogen-bond donors (Lipinski definition) is 0. The molecule has 3 aromatic rings. The van der Waals surface area contributed by atoms with Crippen molar-refractivity contribution in [3.63, 3.8) is 0 Å². The normalized spacial score (nSPS) is 16.8. The van der Waals surface area contributed by atoms with E-state index in [4.69, 9.17) is 4.42 Å². The Balaban J connectivity index is 1.60. The van der Waals surface area contributed by atoms with Gasteiger partial charge in [-0.3, -0.25) is 14.4 Å². The number of rotatable bonds is 5. The third-order valence-corrected chi connectivity index (χ3v) is 5.56. The Morgan fingerprint density at radius 2 is 1.81 bits per heavy atom. The fraction of sp³-hybridized carbons (Fsp3) is 0.360. The molecule has 1 saturated heterocycles. The molecule has 0 spiro atoms. The van der Waals surface area contributed by atoms with Gasteiger partial charge in [0, 0.05) is 17.5 Å². The van der Waals surface area contributed by atoms with E-state index in [0.717, 1.165) is 11.1 Å². The van der Waals surface area contributed by atoms with Gasteiger partial charge in [-0.05, 0) is 63.6 Å². The highest BCUT2D eigenvalue weighted by Gasteiger charge is 2.47. The molecule has 2 heterocycles. The molecule has 32 heavy (non-hydrogen) atoms. The zero-order valence-electron chi connectivity index (χ0n) is 18.8. The molecule has 0 aliphatic carbocycles. The van der Waals surface area contributed by atoms with E-state index in [-0.39, 0.29) is 24.1 Å². The number of hydrogen-bond acceptors (Lipinski definition) is 5. The molecule has 1 unspecified atom stereocenters. The average molecular weight is 434 g/mol. The third kappa shape index (κ3) is 3.90. The first-order valence-electron chi connectivity index (χ1n) is 10.9. The van der Waals surface area contributed by atoms with Crippen molar-refractivity contribution in [1.82, 2.24) is 9.88 Å². The second-order valence-corrected chi connectivity index (χ2v) is 9.01. The predicted molar refractivity (Wildman–Crippen MR) is 122 cm³/mol. The molecule has 4 rings (SSSR count). The van der Waals surface area contributed by atoms with Crippen LogP contribution in [0.5, 0.6) is 0 Å². The standard InChI is InChI=1S/C25H27N3O4/c1-5-8-21(29)28(25(2,3)4)19-15-22(30)27(24(19)31)17-13-11-16(12-14-17)23-26-18-9-6-7-10-20(18)32-23/h6-7,9-14,19H,5,8,15H2,1-4H3. The van der Waals surface area contributed by atoms with Crippen LogP contribution < -0.4 is 4.90 Å². The van der Waals surface area contributed by atoms with Crippen molar-refractivity contribution in [3.8, 4) is 11.5 Å². The van der Waals surface area contributed by atoms with Crippen molar-refractivity contribution in [2.45, 2.75) is 58.5 Å². The SMILES string of the molecule is CCCC(=O)N(C1CC(=O)N(c2ccc(-c3nc4ccccc4o3)cc2)C1=O)C(C)(C)C. The van der Waals surface area contributed by atoms with E-state index in [1.807, 2.05) is 52.0 Å². The molecule has 1 fully saturated rings. The highest BCUT2D eigenvalue weighted by Crippen LogP contribution is 2.32. The molecule has 7 heteroatoms. The van der Waals surface area contributed by atoms with Crippen molar-refractivity contribution in [3.05, 3.63) is 48.5 Å². The van der Waals surface area contributed by atoms with Crippen LogP contribution >= 0.6 is 0 Å². The summed E-state index contributed by atoms with van der Waals surface area (Å²) in [6.45, 7) is 7.58. The third-order valence-electron chi connectivity index (χ3n) is 5.56. The molecule has 1 aliphatic rings. The number of aromatic nitrogens is 1. The lowest BCUT2D eigenvalue weighted by Crippen LogP contribution is -2.54. The maximum absolute atomic E-state index is 13.3. The van der Waals surface area contributed by atoms with Gasteiger partial charge in [0.2, 0.25) is 17.7 Å². The van der Waals surface area contributed by atoms with Gasteiger partial charge in [-0.25, -0.2) is 9.88 Å². The zero-order chi connectivity index (χ0) is 23.0. The van der Waals surface area contributed by atoms with E-state index in [1.54, 1.807) is 29.2 Å². The van der Waals surface area contributed by atoms with Crippen LogP contribution in [0.3, 0.4) is 0 Å². The first kappa shape index (κ1) is 21.7. The van der Waals surface area contributed by atoms with Crippen LogP contribution in [0, 0.1) is 0 Å². The van der Waals surface area contributed by atoms with E-state index in [0.29, 0.717) is 30.0 Å². The topological polar surface area (TPSA) is 83.7 Å². The van der Waals surface area contributed by atoms with Crippen molar-refractivity contribution < 1.29 is 18.8 Å². The van der Waals surface area contributed by atoms with Crippen molar-refractivity contribution in [2.75, 3.05) is 4.90 Å². The molecule has 0 saturated carbocycles. The zero-order valence-corrected chi connectivity index (χ0v) is 18.8. The van der Waals surface area contributed by atoms with E-state index in [2.05, 4.69) is 4.98 Å². The van der Waals surface area contributed by atoms with Gasteiger partial charge >= 0.3 is 0 Å². The van der Waals surface area contributed by atoms with Crippen LogP contribution in [0.15, 0.2) is 52.9 Å². The second kappa shape index (κ2) is 8.22. The largest absolute Gasteiger partial charge is 0.436 e. The summed E-state index contributed by atoms with van der Waals surface area (Å²) in [7, 11) is 0. The number of anilines is 1. The number of oxazole rings is 1. The minimum Gasteiger partial charge on any atom is -0.436 e. The van der Waals surface area contributed by atoms with Crippen LogP contribution in [0.4, 0.5) is 5.69 Å². The lowest BCUT2D eigenvalue weighted by Gasteiger charge is -2.39. The van der Waals surface area contributed by atoms with Crippen LogP contribution in [0.2, 0.25) is 0 Å². The van der Waals surface area contributed by atoms with Crippen molar-refractivity contribution in [2.24, 2.45) is 0 Å². The number of carbonyl (C=O) groups excluding carboxylic acids is 3. The Labute approximate surface area is 187 Å². The molecule has 1 aromatic heterocycles. The van der Waals surface area contributed by atoms with Crippen molar-refractivity contribution in [1.29, 1.82) is 0 Å². The molecular formula is C25H27N3O4. The van der Waals surface area contributed by atoms with Gasteiger partial charge in [0.1, 0.15) is 11.6 Å². The van der Waals surface area contributed by atoms with Gasteiger partial charge in [-0.1, -0.05) is 19.1 Å². The highest BCUT2D eigenvalue weighted by molar-refractivity contribution is 6.23. The minimum atomic E-state index is -0.793. The number of para-hydroxylation sites is 2. The molecule has 0 bridgehead atoms.